The van der Waals surface area contributed by atoms with Crippen LogP contribution in [0.15, 0.2) is 84.5 Å². The van der Waals surface area contributed by atoms with Crippen LogP contribution in [0.1, 0.15) is 100 Å². The second kappa shape index (κ2) is 20.9. The lowest BCUT2D eigenvalue weighted by atomic mass is 9.44. The molecule has 4 unspecified atom stereocenters. The highest BCUT2D eigenvalue weighted by molar-refractivity contribution is 6.03. The van der Waals surface area contributed by atoms with E-state index in [0.717, 1.165) is 5.57 Å². The highest BCUT2D eigenvalue weighted by atomic mass is 16.6. The van der Waals surface area contributed by atoms with Crippen LogP contribution in [0, 0.1) is 40.4 Å². The second-order valence-corrected chi connectivity index (χ2v) is 20.9. The fourth-order valence-corrected chi connectivity index (χ4v) is 12.6. The molecular weight excluding hydrogens is 911 g/mol. The van der Waals surface area contributed by atoms with Gasteiger partial charge in [-0.3, -0.25) is 33.7 Å². The maximum absolute atomic E-state index is 14.8. The average molecular weight is 980 g/mol. The molecule has 17 nitrogen and oxygen atoms in total. The molecule has 0 spiro atoms. The lowest BCUT2D eigenvalue weighted by molar-refractivity contribution is -0.215. The summed E-state index contributed by atoms with van der Waals surface area (Å²) in [4.78, 5) is 112. The van der Waals surface area contributed by atoms with Crippen LogP contribution in [-0.2, 0) is 43.0 Å². The molecule has 2 aromatic rings. The number of para-hydroxylation sites is 2. The minimum atomic E-state index is -2.42. The van der Waals surface area contributed by atoms with E-state index in [1.807, 2.05) is 32.1 Å². The topological polar surface area (TPSA) is 238 Å². The van der Waals surface area contributed by atoms with E-state index in [-0.39, 0.29) is 61.7 Å². The summed E-state index contributed by atoms with van der Waals surface area (Å²) < 4.78 is 11.6. The highest BCUT2D eigenvalue weighted by Gasteiger charge is 2.72. The van der Waals surface area contributed by atoms with E-state index in [0.29, 0.717) is 30.6 Å². The fraction of sp³-hybridized carbons (Fsp3) is 0.556. The minimum Gasteiger partial charge on any atom is -0.450 e. The van der Waals surface area contributed by atoms with Gasteiger partial charge in [0.2, 0.25) is 23.5 Å². The lowest BCUT2D eigenvalue weighted by Gasteiger charge is -2.61. The first-order chi connectivity index (χ1) is 33.6. The Hall–Kier alpha value is -6.20. The van der Waals surface area contributed by atoms with Crippen LogP contribution in [0.25, 0.3) is 0 Å². The number of likely N-dealkylation sites (tertiary alicyclic amines) is 1. The van der Waals surface area contributed by atoms with E-state index in [9.17, 15) is 48.6 Å². The van der Waals surface area contributed by atoms with Gasteiger partial charge in [-0.15, -0.1) is 0 Å². The number of nitrogens with zero attached hydrogens (tertiary/aromatic N) is 2. The smallest absolute Gasteiger partial charge is 0.331 e. The Morgan fingerprint density at radius 3 is 2.13 bits per heavy atom. The summed E-state index contributed by atoms with van der Waals surface area (Å²) in [6.45, 7) is 13.8. The van der Waals surface area contributed by atoms with E-state index < -0.39 is 100 Å². The number of ketones is 2. The normalized spacial score (nSPS) is 30.3. The Kier molecular flexibility index (Phi) is 15.5. The molecule has 0 aromatic heterocycles. The van der Waals surface area contributed by atoms with E-state index >= 15 is 0 Å². The molecule has 5 aliphatic rings. The molecule has 17 heteroatoms. The van der Waals surface area contributed by atoms with Crippen LogP contribution in [0.3, 0.4) is 0 Å². The number of fused-ring (bicyclic) bond motifs is 5. The van der Waals surface area contributed by atoms with E-state index in [1.165, 1.54) is 29.7 Å². The van der Waals surface area contributed by atoms with Gasteiger partial charge in [-0.25, -0.2) is 9.59 Å². The molecule has 1 saturated heterocycles. The third-order valence-electron chi connectivity index (χ3n) is 16.1. The number of aliphatic hydroxyl groups excluding tert-OH is 2. The minimum absolute atomic E-state index is 0.00877. The van der Waals surface area contributed by atoms with Gasteiger partial charge in [-0.1, -0.05) is 89.6 Å². The number of carbonyl (C=O) groups is 8. The summed E-state index contributed by atoms with van der Waals surface area (Å²) in [5.41, 5.74) is -1.69. The lowest BCUT2D eigenvalue weighted by Crippen LogP contribution is -2.64. The molecule has 382 valence electrons. The van der Waals surface area contributed by atoms with Crippen molar-refractivity contribution in [3.8, 4) is 0 Å². The van der Waals surface area contributed by atoms with Crippen molar-refractivity contribution in [2.75, 3.05) is 11.4 Å². The zero-order valence-corrected chi connectivity index (χ0v) is 41.9. The first-order valence-corrected chi connectivity index (χ1v) is 25.0. The van der Waals surface area contributed by atoms with Crippen molar-refractivity contribution < 1.29 is 58.0 Å². The Bertz CT molecular complexity index is 2420. The molecule has 71 heavy (non-hydrogen) atoms. The molecule has 3 saturated carbocycles. The molecule has 0 bridgehead atoms. The summed E-state index contributed by atoms with van der Waals surface area (Å²) in [5, 5.41) is 31.7. The van der Waals surface area contributed by atoms with Crippen LogP contribution in [0.2, 0.25) is 0 Å². The number of carbonyl (C=O) groups excluding carboxylic acids is 8. The van der Waals surface area contributed by atoms with Gasteiger partial charge in [0.1, 0.15) is 24.2 Å². The Labute approximate surface area is 415 Å². The van der Waals surface area contributed by atoms with E-state index in [2.05, 4.69) is 16.0 Å². The van der Waals surface area contributed by atoms with Crippen LogP contribution >= 0.6 is 0 Å². The number of benzene rings is 2. The zero-order valence-electron chi connectivity index (χ0n) is 41.9. The standard InChI is InChI=1S/C54H69N5O12/c1-9-42(62)71-54(25-23-38-37-27-31(4)39-28-36(60)22-24-52(39,7)43(37)41(61)29-53(38,54)8)45(63)50(68)70-49(67)44(30(2)3)57-47(65)40-21-16-26-58(40)48(66)33(6)55-46(64)32(5)56-51(69)59(34-17-12-10-13-18-34)35-19-14-11-15-20-35/h10-15,17-20,22,24,28,30-33,37-38,40-41,43-44,50,61,68H,9,16,21,23,25-27,29H2,1-8H3,(H,55,64)(H,56,69)(H,57,65)/t31-,32-,33-,37?,38?,40-,41-,43?,44-,50?,52-,53-,54-/m0/s1. The maximum Gasteiger partial charge on any atom is 0.331 e. The van der Waals surface area contributed by atoms with Gasteiger partial charge in [0.05, 0.1) is 17.5 Å². The first-order valence-electron chi connectivity index (χ1n) is 25.0. The monoisotopic (exact) mass is 979 g/mol. The molecule has 7 rings (SSSR count). The first kappa shape index (κ1) is 52.6. The number of rotatable bonds is 15. The molecular formula is C54H69N5O12. The third-order valence-corrected chi connectivity index (χ3v) is 16.1. The highest BCUT2D eigenvalue weighted by Crippen LogP contribution is 2.68. The van der Waals surface area contributed by atoms with Crippen molar-refractivity contribution >= 4 is 58.6 Å². The van der Waals surface area contributed by atoms with Gasteiger partial charge >= 0.3 is 18.0 Å². The van der Waals surface area contributed by atoms with E-state index in [1.54, 1.807) is 82.3 Å². The average Bonchev–Trinajstić information content (AvgIpc) is 3.94. The Balaban J connectivity index is 1.00. The molecule has 4 fully saturated rings. The summed E-state index contributed by atoms with van der Waals surface area (Å²) in [5.74, 6) is -6.23. The van der Waals surface area contributed by atoms with Crippen molar-refractivity contribution in [2.45, 2.75) is 142 Å². The predicted octanol–water partition coefficient (Wildman–Crippen LogP) is 5.21. The Morgan fingerprint density at radius 1 is 0.887 bits per heavy atom. The van der Waals surface area contributed by atoms with E-state index in [4.69, 9.17) is 9.47 Å². The molecule has 1 aliphatic heterocycles. The Morgan fingerprint density at radius 2 is 1.52 bits per heavy atom. The van der Waals surface area contributed by atoms with Gasteiger partial charge in [-0.2, -0.15) is 0 Å². The number of ether oxygens (including phenoxy) is 2. The SMILES string of the molecule is CCC(=O)O[C@]1(C(=O)C(O)OC(=O)[C@@H](NC(=O)[C@@H]2CCCN2C(=O)[C@H](C)NC(=O)[C@H](C)NC(=O)N(c2ccccc2)c2ccccc2)C(C)C)CCC2C3C[C@H](C)C4=CC(=O)C=C[C@]4(C)C3[C@@H](O)C[C@@]21C. The maximum atomic E-state index is 14.8. The van der Waals surface area contributed by atoms with Gasteiger partial charge in [0, 0.05) is 29.7 Å². The van der Waals surface area contributed by atoms with Crippen LogP contribution in [0.5, 0.6) is 0 Å². The van der Waals surface area contributed by atoms with Crippen LogP contribution in [0.4, 0.5) is 16.2 Å². The number of hydrogen-bond acceptors (Lipinski definition) is 12. The number of allylic oxidation sites excluding steroid dienone is 4. The zero-order chi connectivity index (χ0) is 51.7. The van der Waals surface area contributed by atoms with Gasteiger partial charge in [0.15, 0.2) is 11.4 Å². The molecule has 1 heterocycles. The summed E-state index contributed by atoms with van der Waals surface area (Å²) in [7, 11) is 0. The largest absolute Gasteiger partial charge is 0.450 e. The molecule has 0 radical (unpaired) electrons. The number of aliphatic hydroxyl groups is 2. The summed E-state index contributed by atoms with van der Waals surface area (Å²) >= 11 is 0. The van der Waals surface area contributed by atoms with Crippen molar-refractivity contribution in [1.82, 2.24) is 20.9 Å². The van der Waals surface area contributed by atoms with Crippen molar-refractivity contribution in [2.24, 2.45) is 40.4 Å². The van der Waals surface area contributed by atoms with Crippen molar-refractivity contribution in [3.63, 3.8) is 0 Å². The number of hydrogen-bond donors (Lipinski definition) is 5. The molecule has 5 N–H and O–H groups in total. The quantitative estimate of drug-likeness (QED) is 0.114. The number of amides is 5. The van der Waals surface area contributed by atoms with Gasteiger partial charge in [0.25, 0.3) is 6.29 Å². The van der Waals surface area contributed by atoms with Crippen molar-refractivity contribution in [1.29, 1.82) is 0 Å². The number of anilines is 2. The van der Waals surface area contributed by atoms with Gasteiger partial charge in [-0.05, 0) is 112 Å². The summed E-state index contributed by atoms with van der Waals surface area (Å²) in [6.07, 6.45) is 3.34. The number of urea groups is 1. The number of Topliss-reactive ketones (excluding diaryl/α,β-unsaturated/α-hetero) is 1. The second-order valence-electron chi connectivity index (χ2n) is 20.9. The number of esters is 2. The molecule has 2 aromatic carbocycles. The van der Waals surface area contributed by atoms with Crippen molar-refractivity contribution in [3.05, 3.63) is 84.5 Å². The van der Waals surface area contributed by atoms with Crippen LogP contribution in [-0.4, -0.2) is 111 Å². The third kappa shape index (κ3) is 9.91. The molecule has 4 aliphatic carbocycles. The summed E-state index contributed by atoms with van der Waals surface area (Å²) in [6, 6.07) is 12.6. The molecule has 13 atom stereocenters. The molecule has 5 amide bonds. The van der Waals surface area contributed by atoms with Crippen LogP contribution < -0.4 is 20.9 Å². The fourth-order valence-electron chi connectivity index (χ4n) is 12.6. The van der Waals surface area contributed by atoms with Gasteiger partial charge < -0.3 is 40.5 Å². The number of nitrogens with one attached hydrogen (secondary N) is 3. The predicted molar refractivity (Wildman–Crippen MR) is 261 cm³/mol.